The third-order valence-electron chi connectivity index (χ3n) is 11.4. The lowest BCUT2D eigenvalue weighted by Crippen LogP contribution is -2.36. The number of fused-ring (bicyclic) bond motifs is 2. The Kier molecular flexibility index (Phi) is 14.3. The number of benzene rings is 2. The molecular weight excluding hydrogens is 893 g/mol. The van der Waals surface area contributed by atoms with Crippen LogP contribution in [0.1, 0.15) is 79.5 Å². The van der Waals surface area contributed by atoms with Crippen molar-refractivity contribution in [2.45, 2.75) is 66.7 Å². The Morgan fingerprint density at radius 3 is 1.68 bits per heavy atom. The molecule has 0 fully saturated rings. The molecule has 6 N–H and O–H groups in total. The molecule has 5 heterocycles. The Morgan fingerprint density at radius 2 is 1.22 bits per heavy atom. The van der Waals surface area contributed by atoms with Gasteiger partial charge in [-0.15, -0.1) is 0 Å². The highest BCUT2D eigenvalue weighted by molar-refractivity contribution is 6.13. The number of imidazole rings is 2. The average molecular weight is 945 g/mol. The maximum absolute atomic E-state index is 13.9. The van der Waals surface area contributed by atoms with Crippen molar-refractivity contribution in [3.8, 4) is 11.5 Å². The van der Waals surface area contributed by atoms with Crippen LogP contribution in [0.4, 0.5) is 11.9 Å². The van der Waals surface area contributed by atoms with E-state index < -0.39 is 35.4 Å². The third kappa shape index (κ3) is 10.1. The number of carbonyl (C=O) groups is 7. The maximum Gasteiger partial charge on any atom is 0.276 e. The van der Waals surface area contributed by atoms with Crippen molar-refractivity contribution in [3.05, 3.63) is 94.6 Å². The van der Waals surface area contributed by atoms with Crippen LogP contribution in [0.5, 0.6) is 11.5 Å². The quantitative estimate of drug-likeness (QED) is 0.0459. The van der Waals surface area contributed by atoms with E-state index in [0.717, 1.165) is 17.1 Å². The number of nitrogens with one attached hydrogen (secondary N) is 2. The number of anilines is 2. The lowest BCUT2D eigenvalue weighted by Gasteiger charge is -2.19. The molecule has 4 aromatic heterocycles. The van der Waals surface area contributed by atoms with E-state index in [1.165, 1.54) is 36.3 Å². The number of aryl methyl sites for hydroxylation is 4. The zero-order valence-electron chi connectivity index (χ0n) is 38.9. The summed E-state index contributed by atoms with van der Waals surface area (Å²) in [5.74, 6) is -2.87. The van der Waals surface area contributed by atoms with Gasteiger partial charge in [-0.2, -0.15) is 10.2 Å². The van der Waals surface area contributed by atoms with Crippen LogP contribution < -0.4 is 31.6 Å². The molecule has 7 amide bonds. The lowest BCUT2D eigenvalue weighted by atomic mass is 10.1. The molecule has 0 unspecified atom stereocenters. The van der Waals surface area contributed by atoms with Crippen molar-refractivity contribution in [2.75, 3.05) is 44.5 Å². The molecule has 0 aliphatic carbocycles. The SMILES string of the molecule is CCn1ncc(C)c1C(=O)Nc1nc2cc(C(N)=O)cc(OC)c2n1C/C=C/Cn1c(NC(=O)c2c(C)cnn2CC)nc2cc(C(N)=O)cc(OCCCN(C)C(=O)CCN3C(=O)C=CC3=O)c21. The minimum Gasteiger partial charge on any atom is -0.494 e. The summed E-state index contributed by atoms with van der Waals surface area (Å²) in [6.45, 7) is 8.60. The number of ether oxygens (including phenoxy) is 2. The van der Waals surface area contributed by atoms with E-state index in [1.54, 1.807) is 63.9 Å². The molecule has 7 rings (SSSR count). The van der Waals surface area contributed by atoms with Crippen molar-refractivity contribution >= 4 is 75.3 Å². The monoisotopic (exact) mass is 944 g/mol. The number of hydrogen-bond acceptors (Lipinski definition) is 13. The fourth-order valence-electron chi connectivity index (χ4n) is 7.93. The molecule has 0 atom stereocenters. The van der Waals surface area contributed by atoms with Gasteiger partial charge in [0, 0.05) is 76.0 Å². The number of nitrogens with two attached hydrogens (primary N) is 2. The molecule has 69 heavy (non-hydrogen) atoms. The number of primary amides is 2. The minimum absolute atomic E-state index is 0.0472. The minimum atomic E-state index is -0.747. The second-order valence-corrected chi connectivity index (χ2v) is 16.0. The highest BCUT2D eigenvalue weighted by atomic mass is 16.5. The molecule has 0 radical (unpaired) electrons. The highest BCUT2D eigenvalue weighted by Gasteiger charge is 2.26. The summed E-state index contributed by atoms with van der Waals surface area (Å²) in [4.78, 5) is 101. The molecule has 1 aliphatic rings. The average Bonchev–Trinajstić information content (AvgIpc) is 4.14. The Bertz CT molecular complexity index is 3080. The largest absolute Gasteiger partial charge is 0.494 e. The fourth-order valence-corrected chi connectivity index (χ4v) is 7.93. The van der Waals surface area contributed by atoms with Crippen molar-refractivity contribution in [3.63, 3.8) is 0 Å². The van der Waals surface area contributed by atoms with Crippen molar-refractivity contribution < 1.29 is 43.0 Å². The predicted octanol–water partition coefficient (Wildman–Crippen LogP) is 2.95. The van der Waals surface area contributed by atoms with Crippen LogP contribution >= 0.6 is 0 Å². The Morgan fingerprint density at radius 1 is 0.739 bits per heavy atom. The fraction of sp³-hybridized carbons (Fsp3) is 0.326. The molecule has 23 nitrogen and oxygen atoms in total. The summed E-state index contributed by atoms with van der Waals surface area (Å²) in [6, 6.07) is 5.97. The summed E-state index contributed by atoms with van der Waals surface area (Å²) in [5, 5.41) is 14.4. The molecular formula is C46H52N14O9. The van der Waals surface area contributed by atoms with Gasteiger partial charge in [-0.25, -0.2) is 9.97 Å². The number of rotatable bonds is 21. The summed E-state index contributed by atoms with van der Waals surface area (Å²) in [6.07, 6.45) is 9.39. The number of nitrogens with zero attached hydrogens (tertiary/aromatic N) is 10. The Hall–Kier alpha value is -8.63. The first-order valence-corrected chi connectivity index (χ1v) is 22.0. The van der Waals surface area contributed by atoms with E-state index in [9.17, 15) is 33.6 Å². The first-order chi connectivity index (χ1) is 33.0. The van der Waals surface area contributed by atoms with E-state index in [0.29, 0.717) is 58.6 Å². The zero-order valence-corrected chi connectivity index (χ0v) is 38.9. The molecule has 0 saturated carbocycles. The summed E-state index contributed by atoms with van der Waals surface area (Å²) >= 11 is 0. The summed E-state index contributed by atoms with van der Waals surface area (Å²) in [5.41, 5.74) is 15.1. The predicted molar refractivity (Wildman–Crippen MR) is 252 cm³/mol. The third-order valence-corrected chi connectivity index (χ3v) is 11.4. The van der Waals surface area contributed by atoms with Gasteiger partial charge < -0.3 is 35.0 Å². The van der Waals surface area contributed by atoms with Gasteiger partial charge in [0.05, 0.1) is 37.1 Å². The van der Waals surface area contributed by atoms with Gasteiger partial charge >= 0.3 is 0 Å². The van der Waals surface area contributed by atoms with Gasteiger partial charge in [0.2, 0.25) is 29.6 Å². The van der Waals surface area contributed by atoms with E-state index in [2.05, 4.69) is 25.8 Å². The molecule has 6 aromatic rings. The van der Waals surface area contributed by atoms with Gasteiger partial charge in [-0.05, 0) is 69.5 Å². The van der Waals surface area contributed by atoms with Crippen molar-refractivity contribution in [2.24, 2.45) is 11.5 Å². The maximum atomic E-state index is 13.9. The highest BCUT2D eigenvalue weighted by Crippen LogP contribution is 2.33. The smallest absolute Gasteiger partial charge is 0.276 e. The molecule has 1 aliphatic heterocycles. The number of carbonyl (C=O) groups excluding carboxylic acids is 7. The van der Waals surface area contributed by atoms with E-state index in [1.807, 2.05) is 13.8 Å². The molecule has 0 saturated heterocycles. The zero-order chi connectivity index (χ0) is 49.7. The standard InChI is InChI=1S/C46H52N14O9/c1-7-59-37(26(3)24-49-59)43(66)53-45-51-30-20-28(41(47)64)22-32(68-6)39(30)57(45)16-9-10-17-58-40-31(52-46(58)54-44(67)38-27(4)25-50-60(38)8-2)21-29(42(48)65)23-33(40)69-19-11-15-55(5)34(61)14-18-56-35(62)12-13-36(56)63/h9-10,12-13,20-25H,7-8,11,14-19H2,1-6H3,(H2,47,64)(H2,48,65)(H,51,53,66)(H,52,54,67)/b10-9+. The van der Waals surface area contributed by atoms with Crippen LogP contribution in [-0.2, 0) is 40.6 Å². The number of aromatic nitrogens is 8. The first kappa shape index (κ1) is 48.3. The van der Waals surface area contributed by atoms with Crippen LogP contribution in [0.15, 0.2) is 61.0 Å². The van der Waals surface area contributed by atoms with Crippen LogP contribution in [0, 0.1) is 13.8 Å². The molecule has 0 bridgehead atoms. The second-order valence-electron chi connectivity index (χ2n) is 16.0. The topological polar surface area (TPSA) is 292 Å². The molecule has 23 heteroatoms. The van der Waals surface area contributed by atoms with E-state index in [4.69, 9.17) is 25.9 Å². The van der Waals surface area contributed by atoms with Gasteiger partial charge in [-0.1, -0.05) is 12.2 Å². The number of hydrogen-bond donors (Lipinski definition) is 4. The normalized spacial score (nSPS) is 12.5. The van der Waals surface area contributed by atoms with Gasteiger partial charge in [0.1, 0.15) is 33.9 Å². The van der Waals surface area contributed by atoms with Gasteiger partial charge in [0.15, 0.2) is 0 Å². The van der Waals surface area contributed by atoms with Crippen LogP contribution in [0.3, 0.4) is 0 Å². The molecule has 0 spiro atoms. The number of amides is 7. The van der Waals surface area contributed by atoms with E-state index >= 15 is 0 Å². The summed E-state index contributed by atoms with van der Waals surface area (Å²) in [7, 11) is 3.04. The van der Waals surface area contributed by atoms with Crippen LogP contribution in [-0.4, -0.2) is 124 Å². The number of methoxy groups -OCH3 is 1. The van der Waals surface area contributed by atoms with Crippen molar-refractivity contribution in [1.82, 2.24) is 48.5 Å². The van der Waals surface area contributed by atoms with Crippen molar-refractivity contribution in [1.29, 1.82) is 0 Å². The Balaban J connectivity index is 1.20. The van der Waals surface area contributed by atoms with E-state index in [-0.39, 0.29) is 85.2 Å². The van der Waals surface area contributed by atoms with Gasteiger partial charge in [0.25, 0.3) is 23.6 Å². The van der Waals surface area contributed by atoms with Gasteiger partial charge in [-0.3, -0.25) is 58.5 Å². The van der Waals surface area contributed by atoms with Crippen LogP contribution in [0.25, 0.3) is 22.1 Å². The Labute approximate surface area is 394 Å². The first-order valence-electron chi connectivity index (χ1n) is 22.0. The van der Waals surface area contributed by atoms with Crippen LogP contribution in [0.2, 0.25) is 0 Å². The number of allylic oxidation sites excluding steroid dienone is 2. The second kappa shape index (κ2) is 20.5. The number of imide groups is 1. The summed E-state index contributed by atoms with van der Waals surface area (Å²) < 4.78 is 18.5. The lowest BCUT2D eigenvalue weighted by molar-refractivity contribution is -0.138. The molecule has 360 valence electrons. The molecule has 2 aromatic carbocycles.